The van der Waals surface area contributed by atoms with Gasteiger partial charge in [-0.25, -0.2) is 4.39 Å². The van der Waals surface area contributed by atoms with Crippen LogP contribution >= 0.6 is 0 Å². The zero-order valence-electron chi connectivity index (χ0n) is 21.5. The van der Waals surface area contributed by atoms with Gasteiger partial charge in [0.2, 0.25) is 0 Å². The Morgan fingerprint density at radius 1 is 1.11 bits per heavy atom. The Kier molecular flexibility index (Phi) is 8.15. The summed E-state index contributed by atoms with van der Waals surface area (Å²) in [5, 5.41) is 9.63. The molecule has 200 valence electrons. The van der Waals surface area contributed by atoms with Crippen LogP contribution in [0.2, 0.25) is 0 Å². The molecular weight excluding hydrogens is 475 g/mol. The van der Waals surface area contributed by atoms with Crippen molar-refractivity contribution in [3.63, 3.8) is 0 Å². The molecule has 1 unspecified atom stereocenters. The first-order valence-electron chi connectivity index (χ1n) is 13.5. The van der Waals surface area contributed by atoms with Gasteiger partial charge in [-0.3, -0.25) is 9.69 Å². The zero-order chi connectivity index (χ0) is 25.8. The number of ether oxygens (including phenoxy) is 3. The van der Waals surface area contributed by atoms with E-state index in [4.69, 9.17) is 14.2 Å². The number of rotatable bonds is 9. The van der Waals surface area contributed by atoms with Crippen LogP contribution in [0.25, 0.3) is 0 Å². The molecule has 2 aromatic rings. The summed E-state index contributed by atoms with van der Waals surface area (Å²) in [6.45, 7) is 8.19. The van der Waals surface area contributed by atoms with Crippen LogP contribution in [0.3, 0.4) is 0 Å². The van der Waals surface area contributed by atoms with E-state index in [2.05, 4.69) is 11.8 Å². The maximum Gasteiger partial charge on any atom is 0.257 e. The Labute approximate surface area is 218 Å². The van der Waals surface area contributed by atoms with E-state index in [0.717, 1.165) is 70.0 Å². The summed E-state index contributed by atoms with van der Waals surface area (Å²) in [7, 11) is 0. The number of carbonyl (C=O) groups is 1. The van der Waals surface area contributed by atoms with Gasteiger partial charge in [0.05, 0.1) is 24.9 Å². The third kappa shape index (κ3) is 6.18. The fraction of sp³-hybridized carbons (Fsp3) is 0.552. The molecule has 0 aromatic heterocycles. The topological polar surface area (TPSA) is 71.5 Å². The number of amides is 1. The summed E-state index contributed by atoms with van der Waals surface area (Å²) < 4.78 is 31.9. The van der Waals surface area contributed by atoms with Crippen LogP contribution in [0.5, 0.6) is 17.2 Å². The summed E-state index contributed by atoms with van der Waals surface area (Å²) >= 11 is 0. The molecular formula is C29H37FN2O5. The lowest BCUT2D eigenvalue weighted by Crippen LogP contribution is -2.38. The predicted octanol–water partition coefficient (Wildman–Crippen LogP) is 4.47. The Balaban J connectivity index is 1.06. The average Bonchev–Trinajstić information content (AvgIpc) is 3.23. The van der Waals surface area contributed by atoms with Crippen molar-refractivity contribution in [2.24, 2.45) is 11.8 Å². The largest absolute Gasteiger partial charge is 0.505 e. The number of hydrogen-bond acceptors (Lipinski definition) is 6. The van der Waals surface area contributed by atoms with Crippen molar-refractivity contribution in [2.75, 3.05) is 46.0 Å². The minimum absolute atomic E-state index is 0.0306. The SMILES string of the molecule is CC(Oc1cccc(OCCN2CCOCC2)c1)[C@H]1CC[C@H](CN2Cc3ccc(O)c(F)c3C2=O)CC1. The quantitative estimate of drug-likeness (QED) is 0.535. The van der Waals surface area contributed by atoms with Crippen molar-refractivity contribution in [3.8, 4) is 17.2 Å². The van der Waals surface area contributed by atoms with Crippen LogP contribution in [0.4, 0.5) is 4.39 Å². The predicted molar refractivity (Wildman–Crippen MR) is 138 cm³/mol. The van der Waals surface area contributed by atoms with Gasteiger partial charge in [0.15, 0.2) is 11.6 Å². The smallest absolute Gasteiger partial charge is 0.257 e. The average molecular weight is 513 g/mol. The van der Waals surface area contributed by atoms with E-state index >= 15 is 0 Å². The normalized spacial score (nSPS) is 23.1. The lowest BCUT2D eigenvalue weighted by atomic mass is 9.79. The molecule has 1 atom stereocenters. The van der Waals surface area contributed by atoms with Crippen molar-refractivity contribution in [1.29, 1.82) is 0 Å². The highest BCUT2D eigenvalue weighted by atomic mass is 19.1. The Bertz CT molecular complexity index is 1080. The molecule has 5 rings (SSSR count). The first-order valence-corrected chi connectivity index (χ1v) is 13.5. The highest BCUT2D eigenvalue weighted by molar-refractivity contribution is 5.99. The second-order valence-corrected chi connectivity index (χ2v) is 10.5. The molecule has 0 bridgehead atoms. The molecule has 0 radical (unpaired) electrons. The number of nitrogens with zero attached hydrogens (tertiary/aromatic N) is 2. The van der Waals surface area contributed by atoms with Crippen LogP contribution in [0, 0.1) is 17.7 Å². The van der Waals surface area contributed by atoms with Gasteiger partial charge >= 0.3 is 0 Å². The fourth-order valence-electron chi connectivity index (χ4n) is 5.77. The number of halogens is 1. The van der Waals surface area contributed by atoms with Gasteiger partial charge < -0.3 is 24.2 Å². The number of phenols is 1. The number of carbonyl (C=O) groups excluding carboxylic acids is 1. The first-order chi connectivity index (χ1) is 18.0. The van der Waals surface area contributed by atoms with Crippen LogP contribution in [0.15, 0.2) is 36.4 Å². The maximum atomic E-state index is 14.3. The van der Waals surface area contributed by atoms with Gasteiger partial charge in [-0.1, -0.05) is 12.1 Å². The summed E-state index contributed by atoms with van der Waals surface area (Å²) in [5.41, 5.74) is 0.686. The second-order valence-electron chi connectivity index (χ2n) is 10.5. The summed E-state index contributed by atoms with van der Waals surface area (Å²) in [5.74, 6) is 0.908. The van der Waals surface area contributed by atoms with E-state index in [0.29, 0.717) is 37.1 Å². The Morgan fingerprint density at radius 3 is 2.65 bits per heavy atom. The van der Waals surface area contributed by atoms with E-state index in [-0.39, 0.29) is 17.6 Å². The Morgan fingerprint density at radius 2 is 1.86 bits per heavy atom. The van der Waals surface area contributed by atoms with E-state index in [1.807, 2.05) is 24.3 Å². The molecule has 2 aliphatic heterocycles. The molecule has 7 nitrogen and oxygen atoms in total. The van der Waals surface area contributed by atoms with Gasteiger partial charge in [-0.2, -0.15) is 0 Å². The van der Waals surface area contributed by atoms with Gasteiger partial charge in [0.25, 0.3) is 5.91 Å². The van der Waals surface area contributed by atoms with Gasteiger partial charge in [0, 0.05) is 38.8 Å². The lowest BCUT2D eigenvalue weighted by molar-refractivity contribution is 0.0322. The van der Waals surface area contributed by atoms with Crippen molar-refractivity contribution in [3.05, 3.63) is 53.3 Å². The van der Waals surface area contributed by atoms with E-state index in [1.165, 1.54) is 6.07 Å². The van der Waals surface area contributed by atoms with Crippen molar-refractivity contribution in [1.82, 2.24) is 9.80 Å². The van der Waals surface area contributed by atoms with E-state index in [1.54, 1.807) is 11.0 Å². The molecule has 1 saturated heterocycles. The van der Waals surface area contributed by atoms with Crippen LogP contribution in [-0.2, 0) is 11.3 Å². The number of fused-ring (bicyclic) bond motifs is 1. The summed E-state index contributed by atoms with van der Waals surface area (Å²) in [6, 6.07) is 10.8. The molecule has 2 heterocycles. The molecule has 2 aromatic carbocycles. The highest BCUT2D eigenvalue weighted by Crippen LogP contribution is 2.36. The number of aromatic hydroxyl groups is 1. The molecule has 8 heteroatoms. The van der Waals surface area contributed by atoms with Crippen LogP contribution in [-0.4, -0.2) is 72.9 Å². The molecule has 1 N–H and O–H groups in total. The number of morpholine rings is 1. The fourth-order valence-corrected chi connectivity index (χ4v) is 5.77. The van der Waals surface area contributed by atoms with E-state index in [9.17, 15) is 14.3 Å². The van der Waals surface area contributed by atoms with Crippen molar-refractivity contribution < 1.29 is 28.5 Å². The minimum Gasteiger partial charge on any atom is -0.505 e. The molecule has 1 saturated carbocycles. The summed E-state index contributed by atoms with van der Waals surface area (Å²) in [4.78, 5) is 16.8. The lowest BCUT2D eigenvalue weighted by Gasteiger charge is -2.34. The molecule has 2 fully saturated rings. The summed E-state index contributed by atoms with van der Waals surface area (Å²) in [6.07, 6.45) is 4.17. The monoisotopic (exact) mass is 512 g/mol. The van der Waals surface area contributed by atoms with Crippen molar-refractivity contribution in [2.45, 2.75) is 45.3 Å². The Hall–Kier alpha value is -2.84. The zero-order valence-corrected chi connectivity index (χ0v) is 21.5. The molecule has 0 spiro atoms. The van der Waals surface area contributed by atoms with Gasteiger partial charge in [0.1, 0.15) is 18.1 Å². The number of hydrogen-bond donors (Lipinski definition) is 1. The maximum absolute atomic E-state index is 14.3. The molecule has 1 aliphatic carbocycles. The first kappa shape index (κ1) is 25.8. The third-order valence-corrected chi connectivity index (χ3v) is 8.01. The third-order valence-electron chi connectivity index (χ3n) is 8.01. The van der Waals surface area contributed by atoms with Crippen molar-refractivity contribution >= 4 is 5.91 Å². The second kappa shape index (κ2) is 11.7. The molecule has 37 heavy (non-hydrogen) atoms. The molecule has 3 aliphatic rings. The minimum atomic E-state index is -0.800. The highest BCUT2D eigenvalue weighted by Gasteiger charge is 2.34. The van der Waals surface area contributed by atoms with E-state index < -0.39 is 11.6 Å². The molecule has 1 amide bonds. The standard InChI is InChI=1S/C29H37FN2O5/c1-20(37-25-4-2-3-24(17-25)36-16-13-31-11-14-35-15-12-31)22-7-5-21(6-8-22)18-32-19-23-9-10-26(33)28(30)27(23)29(32)34/h2-4,9-10,17,20-22,33H,5-8,11-16,18-19H2,1H3/t20?,21-,22-. The number of benzene rings is 2. The van der Waals surface area contributed by atoms with Gasteiger partial charge in [-0.15, -0.1) is 0 Å². The number of phenolic OH excluding ortho intramolecular Hbond substituents is 1. The van der Waals surface area contributed by atoms with Crippen LogP contribution < -0.4 is 9.47 Å². The van der Waals surface area contributed by atoms with Gasteiger partial charge in [-0.05, 0) is 68.2 Å². The van der Waals surface area contributed by atoms with Crippen LogP contribution in [0.1, 0.15) is 48.5 Å².